The highest BCUT2D eigenvalue weighted by molar-refractivity contribution is 5.96. The van der Waals surface area contributed by atoms with Crippen LogP contribution in [-0.4, -0.2) is 59.3 Å². The van der Waals surface area contributed by atoms with Crippen LogP contribution in [0.1, 0.15) is 66.4 Å². The van der Waals surface area contributed by atoms with Crippen LogP contribution in [0, 0.1) is 5.92 Å². The predicted octanol–water partition coefficient (Wildman–Crippen LogP) is 2.78. The summed E-state index contributed by atoms with van der Waals surface area (Å²) in [4.78, 5) is 47.9. The molecule has 11 heteroatoms. The fourth-order valence-corrected chi connectivity index (χ4v) is 3.17. The second kappa shape index (κ2) is 14.5. The van der Waals surface area contributed by atoms with Crippen molar-refractivity contribution in [1.29, 1.82) is 0 Å². The third-order valence-electron chi connectivity index (χ3n) is 5.48. The van der Waals surface area contributed by atoms with Crippen LogP contribution in [0.3, 0.4) is 0 Å². The lowest BCUT2D eigenvalue weighted by molar-refractivity contribution is -0.131. The van der Waals surface area contributed by atoms with Gasteiger partial charge in [0.25, 0.3) is 0 Å². The van der Waals surface area contributed by atoms with Gasteiger partial charge >= 0.3 is 6.16 Å². The third kappa shape index (κ3) is 14.2. The molecular weight excluding hydrogens is 480 g/mol. The average Bonchev–Trinajstić information content (AvgIpc) is 2.78. The van der Waals surface area contributed by atoms with Crippen molar-refractivity contribution in [3.8, 4) is 0 Å². The number of benzene rings is 1. The van der Waals surface area contributed by atoms with Crippen molar-refractivity contribution in [3.05, 3.63) is 29.8 Å². The normalized spacial score (nSPS) is 12.5. The molecule has 0 aliphatic heterocycles. The quantitative estimate of drug-likeness (QED) is 0.219. The molecule has 0 aromatic heterocycles. The minimum Gasteiger partial charge on any atom is -0.450 e. The van der Waals surface area contributed by atoms with E-state index in [0.717, 1.165) is 0 Å². The molecule has 0 spiro atoms. The standard InChI is InChI=1S/C26H42N4O7/c1-17(2)22(30-20(31)11-12-26(5,6)37-14-13-25(3,4)27)23(33)28-15-21(32)29-19-9-7-18(8-10-19)16-36-24(34)35/h7-10,17,22H,11-16,27H2,1-6H3,(H,28,33)(H,29,32)(H,30,31)(H,34,35). The van der Waals surface area contributed by atoms with Gasteiger partial charge in [-0.15, -0.1) is 0 Å². The van der Waals surface area contributed by atoms with Gasteiger partial charge in [0.1, 0.15) is 12.6 Å². The maximum atomic E-state index is 12.7. The Labute approximate surface area is 218 Å². The molecule has 6 N–H and O–H groups in total. The van der Waals surface area contributed by atoms with Gasteiger partial charge in [-0.1, -0.05) is 26.0 Å². The number of carboxylic acid groups (broad SMARTS) is 1. The second-order valence-corrected chi connectivity index (χ2v) is 10.7. The number of rotatable bonds is 15. The Morgan fingerprint density at radius 3 is 2.16 bits per heavy atom. The first-order valence-electron chi connectivity index (χ1n) is 12.3. The van der Waals surface area contributed by atoms with Gasteiger partial charge in [0.15, 0.2) is 0 Å². The zero-order valence-electron chi connectivity index (χ0n) is 22.7. The second-order valence-electron chi connectivity index (χ2n) is 10.7. The van der Waals surface area contributed by atoms with Crippen molar-refractivity contribution in [2.24, 2.45) is 11.7 Å². The molecular formula is C26H42N4O7. The molecule has 208 valence electrons. The van der Waals surface area contributed by atoms with Gasteiger partial charge in [-0.25, -0.2) is 4.79 Å². The molecule has 0 radical (unpaired) electrons. The van der Waals surface area contributed by atoms with Crippen LogP contribution in [0.2, 0.25) is 0 Å². The number of carbonyl (C=O) groups excluding carboxylic acids is 3. The number of nitrogens with two attached hydrogens (primary N) is 1. The van der Waals surface area contributed by atoms with Gasteiger partial charge in [-0.05, 0) is 64.2 Å². The van der Waals surface area contributed by atoms with E-state index in [1.54, 1.807) is 24.3 Å². The highest BCUT2D eigenvalue weighted by atomic mass is 16.7. The molecule has 0 saturated carbocycles. The highest BCUT2D eigenvalue weighted by Crippen LogP contribution is 2.19. The van der Waals surface area contributed by atoms with Crippen molar-refractivity contribution in [2.45, 2.75) is 84.6 Å². The summed E-state index contributed by atoms with van der Waals surface area (Å²) in [7, 11) is 0. The van der Waals surface area contributed by atoms with E-state index in [2.05, 4.69) is 20.7 Å². The zero-order chi connectivity index (χ0) is 28.2. The summed E-state index contributed by atoms with van der Waals surface area (Å²) in [6.07, 6.45) is -0.0215. The molecule has 11 nitrogen and oxygen atoms in total. The Morgan fingerprint density at radius 1 is 1.00 bits per heavy atom. The summed E-state index contributed by atoms with van der Waals surface area (Å²) in [5, 5.41) is 16.5. The van der Waals surface area contributed by atoms with Crippen LogP contribution >= 0.6 is 0 Å². The Balaban J connectivity index is 2.50. The van der Waals surface area contributed by atoms with Crippen LogP contribution < -0.4 is 21.7 Å². The monoisotopic (exact) mass is 522 g/mol. The van der Waals surface area contributed by atoms with Crippen molar-refractivity contribution < 1.29 is 33.8 Å². The summed E-state index contributed by atoms with van der Waals surface area (Å²) in [6.45, 7) is 11.4. The lowest BCUT2D eigenvalue weighted by atomic mass is 9.99. The number of carbonyl (C=O) groups is 4. The first-order valence-corrected chi connectivity index (χ1v) is 12.3. The molecule has 0 aliphatic carbocycles. The molecule has 0 bridgehead atoms. The first-order chi connectivity index (χ1) is 17.1. The molecule has 0 aliphatic rings. The van der Waals surface area contributed by atoms with Gasteiger partial charge in [0.05, 0.1) is 12.1 Å². The fourth-order valence-electron chi connectivity index (χ4n) is 3.17. The van der Waals surface area contributed by atoms with E-state index in [1.165, 1.54) is 0 Å². The van der Waals surface area contributed by atoms with E-state index in [1.807, 2.05) is 41.5 Å². The van der Waals surface area contributed by atoms with Crippen molar-refractivity contribution >= 4 is 29.6 Å². The van der Waals surface area contributed by atoms with E-state index in [9.17, 15) is 19.2 Å². The summed E-state index contributed by atoms with van der Waals surface area (Å²) in [5.74, 6) is -1.37. The lowest BCUT2D eigenvalue weighted by Crippen LogP contribution is -2.51. The van der Waals surface area contributed by atoms with E-state index < -0.39 is 29.6 Å². The van der Waals surface area contributed by atoms with Crippen molar-refractivity contribution in [3.63, 3.8) is 0 Å². The molecule has 1 atom stereocenters. The van der Waals surface area contributed by atoms with Gasteiger partial charge in [-0.2, -0.15) is 0 Å². The Bertz CT molecular complexity index is 908. The van der Waals surface area contributed by atoms with Gasteiger partial charge in [0, 0.05) is 24.3 Å². The molecule has 1 rings (SSSR count). The first kappa shape index (κ1) is 31.8. The number of nitrogens with one attached hydrogen (secondary N) is 3. The number of hydrogen-bond acceptors (Lipinski definition) is 7. The molecule has 0 saturated heterocycles. The van der Waals surface area contributed by atoms with E-state index >= 15 is 0 Å². The summed E-state index contributed by atoms with van der Waals surface area (Å²) in [6, 6.07) is 5.63. The zero-order valence-corrected chi connectivity index (χ0v) is 22.7. The van der Waals surface area contributed by atoms with Crippen molar-refractivity contribution in [2.75, 3.05) is 18.5 Å². The Kier molecular flexibility index (Phi) is 12.5. The Morgan fingerprint density at radius 2 is 1.62 bits per heavy atom. The van der Waals surface area contributed by atoms with E-state index in [0.29, 0.717) is 30.7 Å². The lowest BCUT2D eigenvalue weighted by Gasteiger charge is -2.28. The Hall–Kier alpha value is -3.18. The van der Waals surface area contributed by atoms with Crippen LogP contribution in [0.25, 0.3) is 0 Å². The molecule has 1 aromatic rings. The molecule has 0 fully saturated rings. The topological polar surface area (TPSA) is 169 Å². The minimum absolute atomic E-state index is 0.0981. The smallest absolute Gasteiger partial charge is 0.450 e. The SMILES string of the molecule is CC(C)C(NC(=O)CCC(C)(C)OCCC(C)(C)N)C(=O)NCC(=O)Nc1ccc(COC(=O)O)cc1. The van der Waals surface area contributed by atoms with Crippen LogP contribution in [0.5, 0.6) is 0 Å². The maximum Gasteiger partial charge on any atom is 0.506 e. The molecule has 1 unspecified atom stereocenters. The minimum atomic E-state index is -1.37. The summed E-state index contributed by atoms with van der Waals surface area (Å²) < 4.78 is 10.4. The van der Waals surface area contributed by atoms with Crippen LogP contribution in [0.4, 0.5) is 10.5 Å². The molecule has 3 amide bonds. The van der Waals surface area contributed by atoms with Crippen LogP contribution in [-0.2, 0) is 30.5 Å². The molecule has 1 aromatic carbocycles. The largest absolute Gasteiger partial charge is 0.506 e. The highest BCUT2D eigenvalue weighted by Gasteiger charge is 2.26. The summed E-state index contributed by atoms with van der Waals surface area (Å²) in [5.41, 5.74) is 6.23. The number of anilines is 1. The van der Waals surface area contributed by atoms with E-state index in [-0.39, 0.29) is 36.9 Å². The number of amides is 3. The fraction of sp³-hybridized carbons (Fsp3) is 0.615. The van der Waals surface area contributed by atoms with Gasteiger partial charge < -0.3 is 36.3 Å². The third-order valence-corrected chi connectivity index (χ3v) is 5.48. The summed E-state index contributed by atoms with van der Waals surface area (Å²) >= 11 is 0. The van der Waals surface area contributed by atoms with E-state index in [4.69, 9.17) is 15.6 Å². The van der Waals surface area contributed by atoms with Gasteiger partial charge in [-0.3, -0.25) is 14.4 Å². The van der Waals surface area contributed by atoms with Gasteiger partial charge in [0.2, 0.25) is 17.7 Å². The predicted molar refractivity (Wildman–Crippen MR) is 140 cm³/mol. The molecule has 0 heterocycles. The number of hydrogen-bond donors (Lipinski definition) is 5. The molecule has 37 heavy (non-hydrogen) atoms. The number of ether oxygens (including phenoxy) is 2. The van der Waals surface area contributed by atoms with Crippen molar-refractivity contribution in [1.82, 2.24) is 10.6 Å². The maximum absolute atomic E-state index is 12.7. The van der Waals surface area contributed by atoms with Crippen LogP contribution in [0.15, 0.2) is 24.3 Å². The average molecular weight is 523 g/mol.